The van der Waals surface area contributed by atoms with Crippen LogP contribution in [-0.2, 0) is 25.7 Å². The lowest BCUT2D eigenvalue weighted by molar-refractivity contribution is 0.539. The Labute approximate surface area is 175 Å². The van der Waals surface area contributed by atoms with E-state index in [9.17, 15) is 0 Å². The van der Waals surface area contributed by atoms with E-state index >= 15 is 4.39 Å². The number of benzene rings is 3. The first-order valence-electron chi connectivity index (χ1n) is 11.5. The molecular weight excluding hydrogens is 355 g/mol. The maximum atomic E-state index is 15.4. The van der Waals surface area contributed by atoms with Crippen LogP contribution in [0.2, 0.25) is 0 Å². The molecule has 0 fully saturated rings. The van der Waals surface area contributed by atoms with Gasteiger partial charge in [0.05, 0.1) is 0 Å². The van der Waals surface area contributed by atoms with Crippen LogP contribution in [0, 0.1) is 5.82 Å². The van der Waals surface area contributed by atoms with Crippen LogP contribution >= 0.6 is 0 Å². The van der Waals surface area contributed by atoms with E-state index in [1.54, 1.807) is 0 Å². The Bertz CT molecular complexity index is 985. The van der Waals surface area contributed by atoms with Crippen molar-refractivity contribution in [3.05, 3.63) is 82.2 Å². The van der Waals surface area contributed by atoms with E-state index in [1.807, 2.05) is 12.1 Å². The van der Waals surface area contributed by atoms with Crippen LogP contribution < -0.4 is 0 Å². The molecule has 0 aromatic heterocycles. The zero-order valence-corrected chi connectivity index (χ0v) is 17.9. The molecule has 0 heterocycles. The summed E-state index contributed by atoms with van der Waals surface area (Å²) in [6.45, 7) is 4.45. The van der Waals surface area contributed by atoms with Crippen molar-refractivity contribution in [1.82, 2.24) is 0 Å². The first kappa shape index (κ1) is 20.1. The SMILES string of the molecule is CCCCc1ccc2c(c1)CCC(c1ccc3cc(CCCC)ccc3c1F)C2. The average molecular weight is 389 g/mol. The molecule has 0 bridgehead atoms. The average Bonchev–Trinajstić information content (AvgIpc) is 2.76. The van der Waals surface area contributed by atoms with Crippen LogP contribution in [0.4, 0.5) is 4.39 Å². The zero-order valence-electron chi connectivity index (χ0n) is 17.9. The predicted molar refractivity (Wildman–Crippen MR) is 122 cm³/mol. The van der Waals surface area contributed by atoms with Crippen LogP contribution in [0.5, 0.6) is 0 Å². The second kappa shape index (κ2) is 9.11. The van der Waals surface area contributed by atoms with Crippen molar-refractivity contribution in [1.29, 1.82) is 0 Å². The Kier molecular flexibility index (Phi) is 6.33. The number of aryl methyl sites for hydroxylation is 3. The van der Waals surface area contributed by atoms with E-state index in [2.05, 4.69) is 50.2 Å². The predicted octanol–water partition coefficient (Wildman–Crippen LogP) is 7.94. The lowest BCUT2D eigenvalue weighted by Gasteiger charge is -2.26. The molecule has 0 amide bonds. The third-order valence-corrected chi connectivity index (χ3v) is 6.63. The van der Waals surface area contributed by atoms with E-state index in [4.69, 9.17) is 0 Å². The normalized spacial score (nSPS) is 16.2. The number of unbranched alkanes of at least 4 members (excludes halogenated alkanes) is 2. The van der Waals surface area contributed by atoms with Crippen molar-refractivity contribution in [2.45, 2.75) is 77.6 Å². The second-order valence-electron chi connectivity index (χ2n) is 8.77. The van der Waals surface area contributed by atoms with Crippen molar-refractivity contribution < 1.29 is 4.39 Å². The maximum absolute atomic E-state index is 15.4. The molecule has 29 heavy (non-hydrogen) atoms. The molecule has 1 unspecified atom stereocenters. The van der Waals surface area contributed by atoms with Crippen LogP contribution in [0.15, 0.2) is 48.5 Å². The smallest absolute Gasteiger partial charge is 0.134 e. The van der Waals surface area contributed by atoms with Gasteiger partial charge in [0, 0.05) is 5.39 Å². The molecule has 3 aromatic rings. The Morgan fingerprint density at radius 2 is 1.55 bits per heavy atom. The number of fused-ring (bicyclic) bond motifs is 2. The van der Waals surface area contributed by atoms with Crippen LogP contribution in [0.1, 0.15) is 79.7 Å². The summed E-state index contributed by atoms with van der Waals surface area (Å²) in [6.07, 6.45) is 10.2. The molecule has 0 nitrogen and oxygen atoms in total. The first-order chi connectivity index (χ1) is 14.2. The topological polar surface area (TPSA) is 0 Å². The number of rotatable bonds is 7. The van der Waals surface area contributed by atoms with E-state index in [0.717, 1.165) is 42.0 Å². The highest BCUT2D eigenvalue weighted by Crippen LogP contribution is 2.36. The van der Waals surface area contributed by atoms with Crippen molar-refractivity contribution >= 4 is 10.8 Å². The summed E-state index contributed by atoms with van der Waals surface area (Å²) in [5.41, 5.74) is 6.57. The van der Waals surface area contributed by atoms with Gasteiger partial charge in [-0.05, 0) is 84.1 Å². The standard InChI is InChI=1S/C28H33F/c1-3-5-7-20-9-11-23-19-25(13-12-22(23)17-20)27-16-14-24-18-21(8-6-4-2)10-15-26(24)28(27)29/h9-11,14-18,25H,3-8,12-13,19H2,1-2H3. The quantitative estimate of drug-likeness (QED) is 0.385. The third kappa shape index (κ3) is 4.39. The second-order valence-corrected chi connectivity index (χ2v) is 8.77. The minimum absolute atomic E-state index is 0.00226. The molecule has 1 aliphatic rings. The van der Waals surface area contributed by atoms with Crippen molar-refractivity contribution in [2.24, 2.45) is 0 Å². The van der Waals surface area contributed by atoms with E-state index in [-0.39, 0.29) is 11.7 Å². The lowest BCUT2D eigenvalue weighted by atomic mass is 9.79. The monoisotopic (exact) mass is 388 g/mol. The first-order valence-corrected chi connectivity index (χ1v) is 11.5. The maximum Gasteiger partial charge on any atom is 0.134 e. The van der Waals surface area contributed by atoms with E-state index < -0.39 is 0 Å². The van der Waals surface area contributed by atoms with Gasteiger partial charge in [-0.2, -0.15) is 0 Å². The molecule has 1 atom stereocenters. The molecule has 0 N–H and O–H groups in total. The Morgan fingerprint density at radius 3 is 2.31 bits per heavy atom. The van der Waals surface area contributed by atoms with E-state index in [0.29, 0.717) is 0 Å². The van der Waals surface area contributed by atoms with Gasteiger partial charge in [-0.3, -0.25) is 0 Å². The van der Waals surface area contributed by atoms with Gasteiger partial charge in [0.2, 0.25) is 0 Å². The summed E-state index contributed by atoms with van der Waals surface area (Å²) >= 11 is 0. The molecule has 3 aromatic carbocycles. The molecule has 4 rings (SSSR count). The molecule has 0 radical (unpaired) electrons. The Morgan fingerprint density at radius 1 is 0.828 bits per heavy atom. The van der Waals surface area contributed by atoms with Gasteiger partial charge in [0.1, 0.15) is 5.82 Å². The van der Waals surface area contributed by atoms with Gasteiger partial charge in [0.15, 0.2) is 0 Å². The fraction of sp³-hybridized carbons (Fsp3) is 0.429. The highest BCUT2D eigenvalue weighted by atomic mass is 19.1. The molecule has 0 saturated carbocycles. The largest absolute Gasteiger partial charge is 0.206 e. The van der Waals surface area contributed by atoms with Gasteiger partial charge < -0.3 is 0 Å². The highest BCUT2D eigenvalue weighted by Gasteiger charge is 2.23. The molecule has 0 saturated heterocycles. The Balaban J connectivity index is 1.56. The molecule has 0 aliphatic heterocycles. The third-order valence-electron chi connectivity index (χ3n) is 6.63. The summed E-state index contributed by atoms with van der Waals surface area (Å²) in [7, 11) is 0. The minimum atomic E-state index is -0.00226. The molecular formula is C28H33F. The van der Waals surface area contributed by atoms with Gasteiger partial charge in [0.25, 0.3) is 0 Å². The van der Waals surface area contributed by atoms with E-state index in [1.165, 1.54) is 54.4 Å². The van der Waals surface area contributed by atoms with Gasteiger partial charge in [-0.1, -0.05) is 75.2 Å². The summed E-state index contributed by atoms with van der Waals surface area (Å²) in [4.78, 5) is 0. The van der Waals surface area contributed by atoms with Crippen molar-refractivity contribution in [2.75, 3.05) is 0 Å². The fourth-order valence-corrected chi connectivity index (χ4v) is 4.82. The van der Waals surface area contributed by atoms with Gasteiger partial charge in [-0.15, -0.1) is 0 Å². The Hall–Kier alpha value is -2.15. The van der Waals surface area contributed by atoms with Crippen LogP contribution in [0.25, 0.3) is 10.8 Å². The van der Waals surface area contributed by atoms with Gasteiger partial charge in [-0.25, -0.2) is 4.39 Å². The summed E-state index contributed by atoms with van der Waals surface area (Å²) in [5.74, 6) is 0.283. The van der Waals surface area contributed by atoms with Gasteiger partial charge >= 0.3 is 0 Å². The highest BCUT2D eigenvalue weighted by molar-refractivity contribution is 5.84. The molecule has 152 valence electrons. The molecule has 1 heteroatoms. The minimum Gasteiger partial charge on any atom is -0.206 e. The zero-order chi connectivity index (χ0) is 20.2. The summed E-state index contributed by atoms with van der Waals surface area (Å²) in [5, 5.41) is 1.82. The number of halogens is 1. The van der Waals surface area contributed by atoms with Crippen LogP contribution in [0.3, 0.4) is 0 Å². The fourth-order valence-electron chi connectivity index (χ4n) is 4.82. The number of hydrogen-bond acceptors (Lipinski definition) is 0. The summed E-state index contributed by atoms with van der Waals surface area (Å²) in [6, 6.07) is 17.4. The number of hydrogen-bond donors (Lipinski definition) is 0. The summed E-state index contributed by atoms with van der Waals surface area (Å²) < 4.78 is 15.4. The van der Waals surface area contributed by atoms with Crippen LogP contribution in [-0.4, -0.2) is 0 Å². The molecule has 1 aliphatic carbocycles. The van der Waals surface area contributed by atoms with Crippen molar-refractivity contribution in [3.8, 4) is 0 Å². The van der Waals surface area contributed by atoms with Crippen molar-refractivity contribution in [3.63, 3.8) is 0 Å². The molecule has 0 spiro atoms. The lowest BCUT2D eigenvalue weighted by Crippen LogP contribution is -2.14.